The van der Waals surface area contributed by atoms with Crippen molar-refractivity contribution in [1.82, 2.24) is 4.90 Å². The molecule has 1 heterocycles. The normalized spacial score (nSPS) is 30.3. The molecule has 0 spiro atoms. The highest BCUT2D eigenvalue weighted by atomic mass is 15.1. The first kappa shape index (κ1) is 9.17. The molecule has 0 amide bonds. The van der Waals surface area contributed by atoms with Crippen LogP contribution in [-0.4, -0.2) is 24.5 Å². The minimum absolute atomic E-state index is 0.696. The van der Waals surface area contributed by atoms with Crippen LogP contribution in [0.5, 0.6) is 0 Å². The zero-order chi connectivity index (χ0) is 10.3. The quantitative estimate of drug-likeness (QED) is 0.629. The topological polar surface area (TPSA) is 3.24 Å². The molecule has 2 aliphatic rings. The predicted octanol–water partition coefficient (Wildman–Crippen LogP) is 2.80. The molecule has 78 valence electrons. The summed E-state index contributed by atoms with van der Waals surface area (Å²) >= 11 is 0. The van der Waals surface area contributed by atoms with E-state index >= 15 is 0 Å². The van der Waals surface area contributed by atoms with Gasteiger partial charge in [-0.3, -0.25) is 4.90 Å². The molecule has 0 bridgehead atoms. The Kier molecular flexibility index (Phi) is 2.14. The van der Waals surface area contributed by atoms with E-state index in [-0.39, 0.29) is 0 Å². The van der Waals surface area contributed by atoms with Crippen LogP contribution in [0.1, 0.15) is 24.3 Å². The van der Waals surface area contributed by atoms with Crippen molar-refractivity contribution < 1.29 is 0 Å². The summed E-state index contributed by atoms with van der Waals surface area (Å²) in [5.41, 5.74) is 3.17. The van der Waals surface area contributed by atoms with E-state index in [0.29, 0.717) is 6.04 Å². The number of likely N-dealkylation sites (N-methyl/N-ethyl adjacent to an activating group) is 1. The lowest BCUT2D eigenvalue weighted by Gasteiger charge is -2.48. The zero-order valence-electron chi connectivity index (χ0n) is 9.19. The van der Waals surface area contributed by atoms with Crippen molar-refractivity contribution in [2.24, 2.45) is 0 Å². The summed E-state index contributed by atoms with van der Waals surface area (Å²) in [6, 6.07) is 11.6. The summed E-state index contributed by atoms with van der Waals surface area (Å²) in [5, 5.41) is 0. The molecule has 0 saturated heterocycles. The van der Waals surface area contributed by atoms with Crippen molar-refractivity contribution in [2.45, 2.75) is 24.8 Å². The standard InChI is InChI=1S/C14H17N/c1-15-9-5-8-12-10-13(14(12)15)11-6-3-2-4-7-11/h2-4,6-8,13-14H,5,9-10H2,1H3/t13-,14+/m0/s1. The first-order valence-corrected chi connectivity index (χ1v) is 5.80. The second-order valence-corrected chi connectivity index (χ2v) is 4.71. The Bertz CT molecular complexity index is 380. The van der Waals surface area contributed by atoms with Gasteiger partial charge < -0.3 is 0 Å². The molecule has 0 radical (unpaired) electrons. The third-order valence-corrected chi connectivity index (χ3v) is 3.81. The first-order valence-electron chi connectivity index (χ1n) is 5.80. The van der Waals surface area contributed by atoms with Gasteiger partial charge in [-0.05, 0) is 25.5 Å². The van der Waals surface area contributed by atoms with Crippen molar-refractivity contribution in [3.8, 4) is 0 Å². The van der Waals surface area contributed by atoms with Crippen LogP contribution in [-0.2, 0) is 0 Å². The monoisotopic (exact) mass is 199 g/mol. The molecule has 1 fully saturated rings. The molecule has 1 aliphatic heterocycles. The molecule has 1 heteroatoms. The third-order valence-electron chi connectivity index (χ3n) is 3.81. The van der Waals surface area contributed by atoms with E-state index in [2.05, 4.69) is 48.4 Å². The fourth-order valence-electron chi connectivity index (χ4n) is 2.97. The molecule has 0 unspecified atom stereocenters. The van der Waals surface area contributed by atoms with E-state index in [4.69, 9.17) is 0 Å². The predicted molar refractivity (Wildman–Crippen MR) is 62.9 cm³/mol. The average molecular weight is 199 g/mol. The van der Waals surface area contributed by atoms with Gasteiger partial charge in [-0.2, -0.15) is 0 Å². The second kappa shape index (κ2) is 3.49. The average Bonchev–Trinajstić information content (AvgIpc) is 2.22. The Labute approximate surface area is 91.4 Å². The Morgan fingerprint density at radius 1 is 1.20 bits per heavy atom. The number of rotatable bonds is 1. The summed E-state index contributed by atoms with van der Waals surface area (Å²) in [6.45, 7) is 1.22. The van der Waals surface area contributed by atoms with Crippen LogP contribution in [0.4, 0.5) is 0 Å². The summed E-state index contributed by atoms with van der Waals surface area (Å²) in [7, 11) is 2.26. The lowest BCUT2D eigenvalue weighted by Crippen LogP contribution is -2.48. The van der Waals surface area contributed by atoms with Crippen molar-refractivity contribution in [3.05, 3.63) is 47.5 Å². The molecule has 0 aromatic heterocycles. The molecule has 0 N–H and O–H groups in total. The van der Waals surface area contributed by atoms with Gasteiger partial charge in [-0.25, -0.2) is 0 Å². The second-order valence-electron chi connectivity index (χ2n) is 4.71. The molecule has 1 aliphatic carbocycles. The van der Waals surface area contributed by atoms with Gasteiger partial charge in [-0.15, -0.1) is 0 Å². The van der Waals surface area contributed by atoms with E-state index in [0.717, 1.165) is 5.92 Å². The number of hydrogen-bond donors (Lipinski definition) is 0. The molecular weight excluding hydrogens is 182 g/mol. The lowest BCUT2D eigenvalue weighted by molar-refractivity contribution is 0.179. The summed E-state index contributed by atoms with van der Waals surface area (Å²) in [4.78, 5) is 2.51. The van der Waals surface area contributed by atoms with Gasteiger partial charge in [0.05, 0.1) is 0 Å². The smallest absolute Gasteiger partial charge is 0.0376 e. The maximum Gasteiger partial charge on any atom is 0.0376 e. The van der Waals surface area contributed by atoms with Crippen molar-refractivity contribution in [3.63, 3.8) is 0 Å². The van der Waals surface area contributed by atoms with Gasteiger partial charge in [0, 0.05) is 18.5 Å². The van der Waals surface area contributed by atoms with E-state index in [1.807, 2.05) is 0 Å². The SMILES string of the molecule is CN1CCC=C2C[C@@H](c3ccccc3)[C@@H]21. The fourth-order valence-corrected chi connectivity index (χ4v) is 2.97. The zero-order valence-corrected chi connectivity index (χ0v) is 9.19. The van der Waals surface area contributed by atoms with Crippen LogP contribution in [0.2, 0.25) is 0 Å². The van der Waals surface area contributed by atoms with Crippen LogP contribution in [0, 0.1) is 0 Å². The number of nitrogens with zero attached hydrogens (tertiary/aromatic N) is 1. The van der Waals surface area contributed by atoms with Gasteiger partial charge in [0.1, 0.15) is 0 Å². The molecule has 1 aromatic carbocycles. The molecule has 3 rings (SSSR count). The van der Waals surface area contributed by atoms with Gasteiger partial charge in [0.2, 0.25) is 0 Å². The van der Waals surface area contributed by atoms with E-state index in [1.54, 1.807) is 5.57 Å². The van der Waals surface area contributed by atoms with Gasteiger partial charge in [0.25, 0.3) is 0 Å². The molecule has 15 heavy (non-hydrogen) atoms. The maximum atomic E-state index is 2.51. The lowest BCUT2D eigenvalue weighted by atomic mass is 9.68. The van der Waals surface area contributed by atoms with Crippen LogP contribution < -0.4 is 0 Å². The highest BCUT2D eigenvalue weighted by molar-refractivity contribution is 5.37. The summed E-state index contributed by atoms with van der Waals surface area (Å²) < 4.78 is 0. The molecule has 2 atom stereocenters. The highest BCUT2D eigenvalue weighted by Gasteiger charge is 2.40. The number of hydrogen-bond acceptors (Lipinski definition) is 1. The van der Waals surface area contributed by atoms with Crippen LogP contribution in [0.15, 0.2) is 42.0 Å². The van der Waals surface area contributed by atoms with E-state index in [1.165, 1.54) is 24.9 Å². The molecular formula is C14H17N. The molecule has 1 nitrogen and oxygen atoms in total. The minimum atomic E-state index is 0.696. The molecule has 1 saturated carbocycles. The Morgan fingerprint density at radius 2 is 2.00 bits per heavy atom. The largest absolute Gasteiger partial charge is 0.299 e. The van der Waals surface area contributed by atoms with Crippen LogP contribution in [0.3, 0.4) is 0 Å². The van der Waals surface area contributed by atoms with Gasteiger partial charge in [-0.1, -0.05) is 42.0 Å². The number of fused-ring (bicyclic) bond motifs is 1. The van der Waals surface area contributed by atoms with Crippen molar-refractivity contribution in [2.75, 3.05) is 13.6 Å². The first-order chi connectivity index (χ1) is 7.36. The summed E-state index contributed by atoms with van der Waals surface area (Å²) in [5.74, 6) is 0.739. The molecule has 1 aromatic rings. The van der Waals surface area contributed by atoms with Crippen LogP contribution >= 0.6 is 0 Å². The summed E-state index contributed by atoms with van der Waals surface area (Å²) in [6.07, 6.45) is 4.97. The Balaban J connectivity index is 1.87. The van der Waals surface area contributed by atoms with Gasteiger partial charge in [0.15, 0.2) is 0 Å². The minimum Gasteiger partial charge on any atom is -0.299 e. The fraction of sp³-hybridized carbons (Fsp3) is 0.429. The van der Waals surface area contributed by atoms with E-state index < -0.39 is 0 Å². The maximum absolute atomic E-state index is 2.51. The number of benzene rings is 1. The highest BCUT2D eigenvalue weighted by Crippen LogP contribution is 2.45. The third kappa shape index (κ3) is 1.42. The Hall–Kier alpha value is -1.08. The Morgan fingerprint density at radius 3 is 2.73 bits per heavy atom. The van der Waals surface area contributed by atoms with Gasteiger partial charge >= 0.3 is 0 Å². The van der Waals surface area contributed by atoms with Crippen molar-refractivity contribution in [1.29, 1.82) is 0 Å². The van der Waals surface area contributed by atoms with E-state index in [9.17, 15) is 0 Å². The van der Waals surface area contributed by atoms with Crippen molar-refractivity contribution >= 4 is 0 Å². The van der Waals surface area contributed by atoms with Crippen LogP contribution in [0.25, 0.3) is 0 Å².